The number of carbonyl (C=O) groups excluding carboxylic acids is 1. The molecule has 0 saturated heterocycles. The molecule has 1 heterocycles. The first-order chi connectivity index (χ1) is 12.6. The van der Waals surface area contributed by atoms with Crippen LogP contribution in [0.3, 0.4) is 0 Å². The van der Waals surface area contributed by atoms with E-state index in [2.05, 4.69) is 5.10 Å². The number of halogens is 1. The molecule has 26 heavy (non-hydrogen) atoms. The number of hydrogen-bond donors (Lipinski definition) is 0. The summed E-state index contributed by atoms with van der Waals surface area (Å²) in [4.78, 5) is 14.4. The van der Waals surface area contributed by atoms with Gasteiger partial charge in [0, 0.05) is 7.05 Å². The number of amides is 1. The molecule has 0 fully saturated rings. The van der Waals surface area contributed by atoms with Crippen LogP contribution in [0.2, 0.25) is 5.15 Å². The van der Waals surface area contributed by atoms with Gasteiger partial charge in [0.2, 0.25) is 0 Å². The number of nitrogens with zero attached hydrogens (tertiary/aromatic N) is 3. The summed E-state index contributed by atoms with van der Waals surface area (Å²) in [6.07, 6.45) is 0. The van der Waals surface area contributed by atoms with Gasteiger partial charge < -0.3 is 9.64 Å². The lowest BCUT2D eigenvalue weighted by molar-refractivity contribution is 0.0773. The molecular weight excluding hydrogens is 350 g/mol. The highest BCUT2D eigenvalue weighted by molar-refractivity contribution is 6.33. The summed E-state index contributed by atoms with van der Waals surface area (Å²) < 4.78 is 7.23. The van der Waals surface area contributed by atoms with Crippen molar-refractivity contribution in [3.05, 3.63) is 77.1 Å². The molecule has 0 aliphatic carbocycles. The Labute approximate surface area is 157 Å². The standard InChI is InChI=1S/C20H20ClN3O2/c1-15-18(19(21)24(22-15)16-9-5-3-6-10-16)20(25)23(2)13-14-26-17-11-7-4-8-12-17/h3-12H,13-14H2,1-2H3. The van der Waals surface area contributed by atoms with Crippen LogP contribution in [0, 0.1) is 6.92 Å². The van der Waals surface area contributed by atoms with Crippen molar-refractivity contribution in [1.29, 1.82) is 0 Å². The normalized spacial score (nSPS) is 10.6. The zero-order chi connectivity index (χ0) is 18.5. The summed E-state index contributed by atoms with van der Waals surface area (Å²) >= 11 is 6.45. The summed E-state index contributed by atoms with van der Waals surface area (Å²) in [5, 5.41) is 4.73. The van der Waals surface area contributed by atoms with Crippen molar-refractivity contribution in [3.63, 3.8) is 0 Å². The quantitative estimate of drug-likeness (QED) is 0.660. The van der Waals surface area contributed by atoms with Crippen LogP contribution in [0.1, 0.15) is 16.1 Å². The Morgan fingerprint density at radius 3 is 2.38 bits per heavy atom. The van der Waals surface area contributed by atoms with Crippen molar-refractivity contribution in [3.8, 4) is 11.4 Å². The fraction of sp³-hybridized carbons (Fsp3) is 0.200. The SMILES string of the molecule is Cc1nn(-c2ccccc2)c(Cl)c1C(=O)N(C)CCOc1ccccc1. The topological polar surface area (TPSA) is 47.4 Å². The molecule has 0 bridgehead atoms. The lowest BCUT2D eigenvalue weighted by atomic mass is 10.2. The molecule has 6 heteroatoms. The van der Waals surface area contributed by atoms with Crippen molar-refractivity contribution in [2.75, 3.05) is 20.2 Å². The van der Waals surface area contributed by atoms with Gasteiger partial charge in [-0.25, -0.2) is 4.68 Å². The summed E-state index contributed by atoms with van der Waals surface area (Å²) in [5.74, 6) is 0.603. The second-order valence-corrected chi connectivity index (χ2v) is 6.24. The number of likely N-dealkylation sites (N-methyl/N-ethyl adjacent to an activating group) is 1. The highest BCUT2D eigenvalue weighted by atomic mass is 35.5. The minimum Gasteiger partial charge on any atom is -0.492 e. The second kappa shape index (κ2) is 8.06. The Bertz CT molecular complexity index is 879. The van der Waals surface area contributed by atoms with Gasteiger partial charge in [-0.05, 0) is 31.2 Å². The molecule has 0 unspecified atom stereocenters. The Morgan fingerprint density at radius 1 is 1.12 bits per heavy atom. The third-order valence-electron chi connectivity index (χ3n) is 4.00. The van der Waals surface area contributed by atoms with E-state index in [4.69, 9.17) is 16.3 Å². The van der Waals surface area contributed by atoms with E-state index >= 15 is 0 Å². The van der Waals surface area contributed by atoms with Gasteiger partial charge >= 0.3 is 0 Å². The van der Waals surface area contributed by atoms with Gasteiger partial charge in [0.1, 0.15) is 17.5 Å². The van der Waals surface area contributed by atoms with Crippen LogP contribution >= 0.6 is 11.6 Å². The molecule has 0 N–H and O–H groups in total. The van der Waals surface area contributed by atoms with E-state index in [0.717, 1.165) is 11.4 Å². The molecule has 134 valence electrons. The molecule has 1 aromatic heterocycles. The number of carbonyl (C=O) groups is 1. The number of hydrogen-bond acceptors (Lipinski definition) is 3. The predicted molar refractivity (Wildman–Crippen MR) is 102 cm³/mol. The van der Waals surface area contributed by atoms with Gasteiger partial charge in [-0.15, -0.1) is 0 Å². The smallest absolute Gasteiger partial charge is 0.258 e. The fourth-order valence-corrected chi connectivity index (χ4v) is 2.94. The number of benzene rings is 2. The molecule has 0 saturated carbocycles. The van der Waals surface area contributed by atoms with Gasteiger partial charge in [-0.2, -0.15) is 5.10 Å². The number of aromatic nitrogens is 2. The molecule has 0 aliphatic rings. The molecule has 3 aromatic rings. The maximum absolute atomic E-state index is 12.8. The molecule has 2 aromatic carbocycles. The molecular formula is C20H20ClN3O2. The molecule has 0 radical (unpaired) electrons. The number of aryl methyl sites for hydroxylation is 1. The summed E-state index contributed by atoms with van der Waals surface area (Å²) in [6.45, 7) is 2.63. The molecule has 0 aliphatic heterocycles. The van der Waals surface area contributed by atoms with Crippen LogP contribution in [-0.2, 0) is 0 Å². The van der Waals surface area contributed by atoms with E-state index < -0.39 is 0 Å². The Balaban J connectivity index is 1.70. The van der Waals surface area contributed by atoms with Gasteiger partial charge in [-0.3, -0.25) is 4.79 Å². The second-order valence-electron chi connectivity index (χ2n) is 5.89. The van der Waals surface area contributed by atoms with Gasteiger partial charge in [-0.1, -0.05) is 48.0 Å². The molecule has 0 spiro atoms. The van der Waals surface area contributed by atoms with E-state index in [0.29, 0.717) is 29.6 Å². The molecule has 0 atom stereocenters. The van der Waals surface area contributed by atoms with Crippen LogP contribution in [0.15, 0.2) is 60.7 Å². The van der Waals surface area contributed by atoms with Crippen LogP contribution < -0.4 is 4.74 Å². The third-order valence-corrected chi connectivity index (χ3v) is 4.35. The zero-order valence-electron chi connectivity index (χ0n) is 14.7. The van der Waals surface area contributed by atoms with Crippen LogP contribution in [-0.4, -0.2) is 40.8 Å². The largest absolute Gasteiger partial charge is 0.492 e. The third kappa shape index (κ3) is 3.89. The summed E-state index contributed by atoms with van der Waals surface area (Å²) in [7, 11) is 1.73. The van der Waals surface area contributed by atoms with E-state index in [1.807, 2.05) is 60.7 Å². The molecule has 1 amide bonds. The van der Waals surface area contributed by atoms with Crippen LogP contribution in [0.4, 0.5) is 0 Å². The summed E-state index contributed by atoms with van der Waals surface area (Å²) in [5.41, 5.74) is 1.83. The number of para-hydroxylation sites is 2. The van der Waals surface area contributed by atoms with Gasteiger partial charge in [0.15, 0.2) is 0 Å². The van der Waals surface area contributed by atoms with Crippen molar-refractivity contribution >= 4 is 17.5 Å². The summed E-state index contributed by atoms with van der Waals surface area (Å²) in [6, 6.07) is 19.0. The van der Waals surface area contributed by atoms with Crippen molar-refractivity contribution in [2.24, 2.45) is 0 Å². The first-order valence-electron chi connectivity index (χ1n) is 8.32. The average molecular weight is 370 g/mol. The highest BCUT2D eigenvalue weighted by Crippen LogP contribution is 2.24. The van der Waals surface area contributed by atoms with Gasteiger partial charge in [0.25, 0.3) is 5.91 Å². The van der Waals surface area contributed by atoms with Crippen LogP contribution in [0.5, 0.6) is 5.75 Å². The Kier molecular flexibility index (Phi) is 5.58. The zero-order valence-corrected chi connectivity index (χ0v) is 15.5. The molecule has 3 rings (SSSR count). The predicted octanol–water partition coefficient (Wildman–Crippen LogP) is 3.99. The average Bonchev–Trinajstić information content (AvgIpc) is 2.97. The van der Waals surface area contributed by atoms with E-state index in [1.165, 1.54) is 0 Å². The highest BCUT2D eigenvalue weighted by Gasteiger charge is 2.23. The van der Waals surface area contributed by atoms with Crippen molar-refractivity contribution < 1.29 is 9.53 Å². The Hall–Kier alpha value is -2.79. The van der Waals surface area contributed by atoms with E-state index in [1.54, 1.807) is 23.6 Å². The number of rotatable bonds is 6. The van der Waals surface area contributed by atoms with Crippen molar-refractivity contribution in [1.82, 2.24) is 14.7 Å². The van der Waals surface area contributed by atoms with E-state index in [-0.39, 0.29) is 5.91 Å². The monoisotopic (exact) mass is 369 g/mol. The number of ether oxygens (including phenoxy) is 1. The minimum atomic E-state index is -0.175. The van der Waals surface area contributed by atoms with Crippen LogP contribution in [0.25, 0.3) is 5.69 Å². The minimum absolute atomic E-state index is 0.175. The van der Waals surface area contributed by atoms with E-state index in [9.17, 15) is 4.79 Å². The maximum atomic E-state index is 12.8. The fourth-order valence-electron chi connectivity index (χ4n) is 2.59. The Morgan fingerprint density at radius 2 is 1.73 bits per heavy atom. The van der Waals surface area contributed by atoms with Crippen molar-refractivity contribution in [2.45, 2.75) is 6.92 Å². The molecule has 5 nitrogen and oxygen atoms in total. The lowest BCUT2D eigenvalue weighted by Gasteiger charge is -2.17. The first-order valence-corrected chi connectivity index (χ1v) is 8.69. The van der Waals surface area contributed by atoms with Gasteiger partial charge in [0.05, 0.1) is 23.5 Å². The first kappa shape index (κ1) is 18.0. The maximum Gasteiger partial charge on any atom is 0.258 e. The lowest BCUT2D eigenvalue weighted by Crippen LogP contribution is -2.31.